The molecule has 0 aliphatic carbocycles. The van der Waals surface area contributed by atoms with Crippen LogP contribution in [0.2, 0.25) is 0 Å². The molecule has 0 bridgehead atoms. The summed E-state index contributed by atoms with van der Waals surface area (Å²) in [6, 6.07) is 6.51. The van der Waals surface area contributed by atoms with Crippen molar-refractivity contribution in [2.24, 2.45) is 0 Å². The Bertz CT molecular complexity index is 883. The minimum absolute atomic E-state index is 0.142. The number of anilines is 1. The van der Waals surface area contributed by atoms with E-state index in [1.165, 1.54) is 12.1 Å². The van der Waals surface area contributed by atoms with Gasteiger partial charge < -0.3 is 5.11 Å². The number of sulfonamides is 1. The first-order valence-electron chi connectivity index (χ1n) is 6.13. The van der Waals surface area contributed by atoms with E-state index in [2.05, 4.69) is 15.9 Å². The van der Waals surface area contributed by atoms with Gasteiger partial charge in [-0.1, -0.05) is 17.7 Å². The molecule has 0 aromatic heterocycles. The number of hydrogen-bond acceptors (Lipinski definition) is 3. The molecule has 2 N–H and O–H groups in total. The first kappa shape index (κ1) is 17.4. The van der Waals surface area contributed by atoms with Crippen LogP contribution in [0.5, 0.6) is 0 Å². The molecule has 2 rings (SSSR count). The minimum atomic E-state index is -4.16. The van der Waals surface area contributed by atoms with Crippen molar-refractivity contribution in [2.75, 3.05) is 4.72 Å². The molecule has 0 heterocycles. The lowest BCUT2D eigenvalue weighted by atomic mass is 10.2. The molecule has 0 aliphatic heterocycles. The second-order valence-corrected chi connectivity index (χ2v) is 7.17. The van der Waals surface area contributed by atoms with E-state index in [1.807, 2.05) is 4.72 Å². The van der Waals surface area contributed by atoms with Crippen molar-refractivity contribution in [3.8, 4) is 0 Å². The molecule has 0 spiro atoms. The van der Waals surface area contributed by atoms with Gasteiger partial charge in [0.1, 0.15) is 5.69 Å². The average Bonchev–Trinajstić information content (AvgIpc) is 2.47. The van der Waals surface area contributed by atoms with E-state index >= 15 is 0 Å². The van der Waals surface area contributed by atoms with Gasteiger partial charge in [-0.2, -0.15) is 0 Å². The lowest BCUT2D eigenvalue weighted by Gasteiger charge is -2.12. The molecule has 23 heavy (non-hydrogen) atoms. The largest absolute Gasteiger partial charge is 0.478 e. The summed E-state index contributed by atoms with van der Waals surface area (Å²) < 4.78 is 53.8. The van der Waals surface area contributed by atoms with Crippen molar-refractivity contribution in [3.63, 3.8) is 0 Å². The Kier molecular flexibility index (Phi) is 4.71. The van der Waals surface area contributed by atoms with Gasteiger partial charge in [-0.3, -0.25) is 4.72 Å². The van der Waals surface area contributed by atoms with Crippen LogP contribution >= 0.6 is 15.9 Å². The van der Waals surface area contributed by atoms with Crippen LogP contribution in [-0.2, 0) is 10.0 Å². The Morgan fingerprint density at radius 3 is 2.26 bits per heavy atom. The molecular formula is C14H10BrF2NO4S. The number of hydrogen-bond donors (Lipinski definition) is 2. The molecule has 0 saturated heterocycles. The van der Waals surface area contributed by atoms with Crippen LogP contribution in [0.3, 0.4) is 0 Å². The van der Waals surface area contributed by atoms with E-state index < -0.39 is 38.9 Å². The Morgan fingerprint density at radius 1 is 1.17 bits per heavy atom. The highest BCUT2D eigenvalue weighted by atomic mass is 79.9. The summed E-state index contributed by atoms with van der Waals surface area (Å²) in [6.45, 7) is 1.76. The molecule has 0 atom stereocenters. The SMILES string of the molecule is Cc1ccc(S(=O)(=O)Nc2c(Br)cc(C(=O)O)c(F)c2F)cc1. The highest BCUT2D eigenvalue weighted by Gasteiger charge is 2.25. The predicted octanol–water partition coefficient (Wildman–Crippen LogP) is 3.53. The maximum absolute atomic E-state index is 14.0. The summed E-state index contributed by atoms with van der Waals surface area (Å²) in [4.78, 5) is 10.7. The average molecular weight is 406 g/mol. The third kappa shape index (κ3) is 3.50. The number of benzene rings is 2. The highest BCUT2D eigenvalue weighted by Crippen LogP contribution is 2.32. The third-order valence-corrected chi connectivity index (χ3v) is 4.95. The molecule has 0 amide bonds. The summed E-state index contributed by atoms with van der Waals surface area (Å²) in [5, 5.41) is 8.78. The molecule has 0 radical (unpaired) electrons. The number of carboxylic acid groups (broad SMARTS) is 1. The molecule has 5 nitrogen and oxygen atoms in total. The first-order chi connectivity index (χ1) is 10.6. The topological polar surface area (TPSA) is 83.5 Å². The Hall–Kier alpha value is -2.00. The lowest BCUT2D eigenvalue weighted by molar-refractivity contribution is 0.0690. The fourth-order valence-electron chi connectivity index (χ4n) is 1.75. The molecular weight excluding hydrogens is 396 g/mol. The van der Waals surface area contributed by atoms with Crippen molar-refractivity contribution in [3.05, 3.63) is 57.6 Å². The van der Waals surface area contributed by atoms with Crippen molar-refractivity contribution in [2.45, 2.75) is 11.8 Å². The zero-order valence-corrected chi connectivity index (χ0v) is 14.0. The number of aryl methyl sites for hydroxylation is 1. The Morgan fingerprint density at radius 2 is 1.74 bits per heavy atom. The van der Waals surface area contributed by atoms with Gasteiger partial charge >= 0.3 is 5.97 Å². The number of aromatic carboxylic acids is 1. The summed E-state index contributed by atoms with van der Waals surface area (Å²) in [6.07, 6.45) is 0. The fraction of sp³-hybridized carbons (Fsp3) is 0.0714. The lowest BCUT2D eigenvalue weighted by Crippen LogP contribution is -2.16. The minimum Gasteiger partial charge on any atom is -0.478 e. The summed E-state index contributed by atoms with van der Waals surface area (Å²) in [5.74, 6) is -4.93. The quantitative estimate of drug-likeness (QED) is 0.762. The maximum atomic E-state index is 14.0. The summed E-state index contributed by atoms with van der Waals surface area (Å²) in [5.41, 5.74) is -0.783. The highest BCUT2D eigenvalue weighted by molar-refractivity contribution is 9.10. The maximum Gasteiger partial charge on any atom is 0.338 e. The van der Waals surface area contributed by atoms with Crippen LogP contribution in [0.4, 0.5) is 14.5 Å². The van der Waals surface area contributed by atoms with E-state index in [0.29, 0.717) is 0 Å². The third-order valence-electron chi connectivity index (χ3n) is 2.96. The van der Waals surface area contributed by atoms with Gasteiger partial charge in [0.2, 0.25) is 0 Å². The van der Waals surface area contributed by atoms with Crippen LogP contribution in [-0.4, -0.2) is 19.5 Å². The van der Waals surface area contributed by atoms with Gasteiger partial charge in [-0.05, 0) is 41.1 Å². The Labute approximate surface area is 139 Å². The van der Waals surface area contributed by atoms with Crippen LogP contribution in [0, 0.1) is 18.6 Å². The van der Waals surface area contributed by atoms with Gasteiger partial charge in [0.15, 0.2) is 11.6 Å². The molecule has 0 unspecified atom stereocenters. The normalized spacial score (nSPS) is 11.3. The molecule has 9 heteroatoms. The summed E-state index contributed by atoms with van der Waals surface area (Å²) >= 11 is 2.84. The van der Waals surface area contributed by atoms with E-state index in [9.17, 15) is 22.0 Å². The molecule has 0 saturated carbocycles. The number of halogens is 3. The number of rotatable bonds is 4. The predicted molar refractivity (Wildman–Crippen MR) is 83.0 cm³/mol. The van der Waals surface area contributed by atoms with Crippen LogP contribution in [0.1, 0.15) is 15.9 Å². The Balaban J connectivity index is 2.50. The monoisotopic (exact) mass is 405 g/mol. The van der Waals surface area contributed by atoms with Crippen LogP contribution in [0.15, 0.2) is 39.7 Å². The van der Waals surface area contributed by atoms with Crippen molar-refractivity contribution < 1.29 is 27.1 Å². The first-order valence-corrected chi connectivity index (χ1v) is 8.41. The van der Waals surface area contributed by atoms with Crippen molar-refractivity contribution in [1.82, 2.24) is 0 Å². The van der Waals surface area contributed by atoms with Crippen LogP contribution < -0.4 is 4.72 Å². The van der Waals surface area contributed by atoms with E-state index in [-0.39, 0.29) is 9.37 Å². The van der Waals surface area contributed by atoms with Gasteiger partial charge in [0, 0.05) is 4.47 Å². The molecule has 0 aliphatic rings. The van der Waals surface area contributed by atoms with E-state index in [0.717, 1.165) is 11.6 Å². The van der Waals surface area contributed by atoms with Gasteiger partial charge in [-0.15, -0.1) is 0 Å². The van der Waals surface area contributed by atoms with Crippen molar-refractivity contribution >= 4 is 37.6 Å². The van der Waals surface area contributed by atoms with E-state index in [1.54, 1.807) is 19.1 Å². The molecule has 0 fully saturated rings. The van der Waals surface area contributed by atoms with Gasteiger partial charge in [-0.25, -0.2) is 22.0 Å². The number of carboxylic acids is 1. The second-order valence-electron chi connectivity index (χ2n) is 4.63. The smallest absolute Gasteiger partial charge is 0.338 e. The van der Waals surface area contributed by atoms with Crippen molar-refractivity contribution in [1.29, 1.82) is 0 Å². The zero-order chi connectivity index (χ0) is 17.4. The van der Waals surface area contributed by atoms with Crippen LogP contribution in [0.25, 0.3) is 0 Å². The molecule has 2 aromatic carbocycles. The molecule has 2 aromatic rings. The van der Waals surface area contributed by atoms with Gasteiger partial charge in [0.25, 0.3) is 10.0 Å². The number of nitrogens with one attached hydrogen (secondary N) is 1. The zero-order valence-electron chi connectivity index (χ0n) is 11.6. The van der Waals surface area contributed by atoms with Gasteiger partial charge in [0.05, 0.1) is 10.5 Å². The van der Waals surface area contributed by atoms with E-state index in [4.69, 9.17) is 5.11 Å². The fourth-order valence-corrected chi connectivity index (χ4v) is 3.47. The summed E-state index contributed by atoms with van der Waals surface area (Å²) in [7, 11) is -4.16. The standard InChI is InChI=1S/C14H10BrF2NO4S/c1-7-2-4-8(5-3-7)23(21,22)18-13-10(15)6-9(14(19)20)11(16)12(13)17/h2-6,18H,1H3,(H,19,20). The molecule has 122 valence electrons. The number of carbonyl (C=O) groups is 1. The second kappa shape index (κ2) is 6.25.